The summed E-state index contributed by atoms with van der Waals surface area (Å²) in [6, 6.07) is 7.89. The predicted octanol–water partition coefficient (Wildman–Crippen LogP) is 2.34. The van der Waals surface area contributed by atoms with E-state index in [1.54, 1.807) is 0 Å². The van der Waals surface area contributed by atoms with E-state index in [2.05, 4.69) is 11.9 Å². The van der Waals surface area contributed by atoms with E-state index in [0.29, 0.717) is 0 Å². The molecular weight excluding hydrogens is 198 g/mol. The smallest absolute Gasteiger partial charge is 0.0952 e. The molecule has 2 rings (SSSR count). The molecule has 0 amide bonds. The lowest BCUT2D eigenvalue weighted by Crippen LogP contribution is -2.35. The summed E-state index contributed by atoms with van der Waals surface area (Å²) in [7, 11) is 2.12. The van der Waals surface area contributed by atoms with Gasteiger partial charge in [0.25, 0.3) is 0 Å². The van der Waals surface area contributed by atoms with E-state index >= 15 is 0 Å². The number of nitrogens with zero attached hydrogens (tertiary/aromatic N) is 1. The average molecular weight is 212 g/mol. The van der Waals surface area contributed by atoms with Crippen LogP contribution in [0.15, 0.2) is 24.3 Å². The minimum Gasteiger partial charge on any atom is -0.371 e. The highest BCUT2D eigenvalue weighted by Crippen LogP contribution is 2.22. The minimum absolute atomic E-state index is 0.200. The Morgan fingerprint density at radius 3 is 2.71 bits per heavy atom. The van der Waals surface area contributed by atoms with Crippen molar-refractivity contribution in [2.24, 2.45) is 0 Å². The van der Waals surface area contributed by atoms with E-state index in [1.165, 1.54) is 5.56 Å². The molecule has 1 aliphatic rings. The molecule has 1 heterocycles. The lowest BCUT2D eigenvalue weighted by Gasteiger charge is -2.30. The van der Waals surface area contributed by atoms with Gasteiger partial charge in [0.05, 0.1) is 12.7 Å². The normalized spacial score (nSPS) is 23.7. The number of halogens is 1. The van der Waals surface area contributed by atoms with Crippen molar-refractivity contribution in [3.05, 3.63) is 34.9 Å². The average Bonchev–Trinajstić information content (AvgIpc) is 2.19. The first-order valence-electron chi connectivity index (χ1n) is 4.81. The van der Waals surface area contributed by atoms with Crippen LogP contribution in [-0.4, -0.2) is 31.6 Å². The number of rotatable bonds is 1. The van der Waals surface area contributed by atoms with Crippen LogP contribution in [0.1, 0.15) is 11.7 Å². The summed E-state index contributed by atoms with van der Waals surface area (Å²) in [5, 5.41) is 0.776. The van der Waals surface area contributed by atoms with Crippen LogP contribution in [0.4, 0.5) is 0 Å². The van der Waals surface area contributed by atoms with Crippen molar-refractivity contribution in [2.75, 3.05) is 26.7 Å². The van der Waals surface area contributed by atoms with E-state index in [0.717, 1.165) is 24.7 Å². The van der Waals surface area contributed by atoms with Crippen molar-refractivity contribution < 1.29 is 4.74 Å². The summed E-state index contributed by atoms with van der Waals surface area (Å²) in [6.45, 7) is 2.79. The molecular formula is C11H14ClNO. The molecule has 0 bridgehead atoms. The van der Waals surface area contributed by atoms with Gasteiger partial charge in [-0.05, 0) is 24.7 Å². The first-order valence-corrected chi connectivity index (χ1v) is 5.19. The van der Waals surface area contributed by atoms with Crippen molar-refractivity contribution in [3.63, 3.8) is 0 Å². The highest BCUT2D eigenvalue weighted by atomic mass is 35.5. The maximum Gasteiger partial charge on any atom is 0.0952 e. The van der Waals surface area contributed by atoms with Gasteiger partial charge in [-0.1, -0.05) is 23.7 Å². The van der Waals surface area contributed by atoms with Gasteiger partial charge in [-0.3, -0.25) is 0 Å². The van der Waals surface area contributed by atoms with Crippen molar-refractivity contribution in [1.82, 2.24) is 4.90 Å². The zero-order valence-corrected chi connectivity index (χ0v) is 9.00. The van der Waals surface area contributed by atoms with Gasteiger partial charge in [0.15, 0.2) is 0 Å². The van der Waals surface area contributed by atoms with Crippen LogP contribution in [-0.2, 0) is 4.74 Å². The van der Waals surface area contributed by atoms with E-state index in [1.807, 2.05) is 24.3 Å². The topological polar surface area (TPSA) is 12.5 Å². The second-order valence-corrected chi connectivity index (χ2v) is 4.11. The molecule has 1 fully saturated rings. The van der Waals surface area contributed by atoms with Gasteiger partial charge in [-0.2, -0.15) is 0 Å². The van der Waals surface area contributed by atoms with Gasteiger partial charge in [0, 0.05) is 18.1 Å². The summed E-state index contributed by atoms with van der Waals surface area (Å²) in [6.07, 6.45) is 0.200. The summed E-state index contributed by atoms with van der Waals surface area (Å²) in [4.78, 5) is 2.28. The van der Waals surface area contributed by atoms with Gasteiger partial charge in [0.2, 0.25) is 0 Å². The van der Waals surface area contributed by atoms with Gasteiger partial charge in [-0.25, -0.2) is 0 Å². The molecule has 1 saturated heterocycles. The lowest BCUT2D eigenvalue weighted by atomic mass is 10.1. The maximum atomic E-state index is 5.83. The predicted molar refractivity (Wildman–Crippen MR) is 57.6 cm³/mol. The highest BCUT2D eigenvalue weighted by Gasteiger charge is 2.18. The summed E-state index contributed by atoms with van der Waals surface area (Å²) in [5.74, 6) is 0. The van der Waals surface area contributed by atoms with Crippen molar-refractivity contribution in [1.29, 1.82) is 0 Å². The van der Waals surface area contributed by atoms with E-state index < -0.39 is 0 Å². The van der Waals surface area contributed by atoms with Crippen molar-refractivity contribution in [3.8, 4) is 0 Å². The summed E-state index contributed by atoms with van der Waals surface area (Å²) >= 11 is 5.83. The zero-order valence-electron chi connectivity index (χ0n) is 8.24. The van der Waals surface area contributed by atoms with Gasteiger partial charge >= 0.3 is 0 Å². The third kappa shape index (κ3) is 2.27. The first-order chi connectivity index (χ1) is 6.75. The maximum absolute atomic E-state index is 5.83. The van der Waals surface area contributed by atoms with Crippen LogP contribution in [0, 0.1) is 0 Å². The molecule has 1 atom stereocenters. The molecule has 1 aromatic carbocycles. The molecule has 0 saturated carbocycles. The molecule has 1 aromatic rings. The second kappa shape index (κ2) is 4.30. The zero-order chi connectivity index (χ0) is 9.97. The third-order valence-electron chi connectivity index (χ3n) is 2.51. The number of hydrogen-bond donors (Lipinski definition) is 0. The largest absolute Gasteiger partial charge is 0.371 e. The Morgan fingerprint density at radius 1 is 1.36 bits per heavy atom. The van der Waals surface area contributed by atoms with E-state index in [-0.39, 0.29) is 6.10 Å². The van der Waals surface area contributed by atoms with Crippen LogP contribution < -0.4 is 0 Å². The molecule has 3 heteroatoms. The Labute approximate surface area is 89.4 Å². The van der Waals surface area contributed by atoms with Crippen LogP contribution >= 0.6 is 11.6 Å². The highest BCUT2D eigenvalue weighted by molar-refractivity contribution is 6.30. The lowest BCUT2D eigenvalue weighted by molar-refractivity contribution is -0.0208. The van der Waals surface area contributed by atoms with Crippen molar-refractivity contribution in [2.45, 2.75) is 6.10 Å². The number of hydrogen-bond acceptors (Lipinski definition) is 2. The quantitative estimate of drug-likeness (QED) is 0.707. The molecule has 1 unspecified atom stereocenters. The van der Waals surface area contributed by atoms with Gasteiger partial charge < -0.3 is 9.64 Å². The fourth-order valence-electron chi connectivity index (χ4n) is 1.66. The first kappa shape index (κ1) is 9.97. The van der Waals surface area contributed by atoms with E-state index in [4.69, 9.17) is 16.3 Å². The van der Waals surface area contributed by atoms with Crippen LogP contribution in [0.25, 0.3) is 0 Å². The number of benzene rings is 1. The van der Waals surface area contributed by atoms with Gasteiger partial charge in [0.1, 0.15) is 0 Å². The standard InChI is InChI=1S/C11H14ClNO/c1-13-6-7-14-11(8-13)9-2-4-10(12)5-3-9/h2-5,11H,6-8H2,1H3. The number of morpholine rings is 1. The molecule has 2 nitrogen and oxygen atoms in total. The Bertz CT molecular complexity index is 299. The summed E-state index contributed by atoms with van der Waals surface area (Å²) in [5.41, 5.74) is 1.21. The Balaban J connectivity index is 2.10. The Hall–Kier alpha value is -0.570. The molecule has 0 aliphatic carbocycles. The molecule has 0 aromatic heterocycles. The fraction of sp³-hybridized carbons (Fsp3) is 0.455. The monoisotopic (exact) mass is 211 g/mol. The van der Waals surface area contributed by atoms with E-state index in [9.17, 15) is 0 Å². The molecule has 0 radical (unpaired) electrons. The second-order valence-electron chi connectivity index (χ2n) is 3.67. The molecule has 0 spiro atoms. The fourth-order valence-corrected chi connectivity index (χ4v) is 1.78. The number of likely N-dealkylation sites (N-methyl/N-ethyl adjacent to an activating group) is 1. The molecule has 14 heavy (non-hydrogen) atoms. The van der Waals surface area contributed by atoms with Crippen molar-refractivity contribution >= 4 is 11.6 Å². The van der Waals surface area contributed by atoms with Crippen LogP contribution in [0.2, 0.25) is 5.02 Å². The van der Waals surface area contributed by atoms with Crippen LogP contribution in [0.3, 0.4) is 0 Å². The minimum atomic E-state index is 0.200. The Kier molecular flexibility index (Phi) is 3.06. The Morgan fingerprint density at radius 2 is 2.07 bits per heavy atom. The van der Waals surface area contributed by atoms with Crippen LogP contribution in [0.5, 0.6) is 0 Å². The molecule has 1 aliphatic heterocycles. The molecule has 0 N–H and O–H groups in total. The third-order valence-corrected chi connectivity index (χ3v) is 2.76. The number of ether oxygens (including phenoxy) is 1. The van der Waals surface area contributed by atoms with Gasteiger partial charge in [-0.15, -0.1) is 0 Å². The molecule has 76 valence electrons. The SMILES string of the molecule is CN1CCOC(c2ccc(Cl)cc2)C1. The summed E-state index contributed by atoms with van der Waals surface area (Å²) < 4.78 is 5.69.